The molecule has 1 aromatic carbocycles. The average Bonchev–Trinajstić information content (AvgIpc) is 2.84. The van der Waals surface area contributed by atoms with Gasteiger partial charge in [0, 0.05) is 6.54 Å². The first-order valence-electron chi connectivity index (χ1n) is 6.70. The largest absolute Gasteiger partial charge is 0.466 e. The van der Waals surface area contributed by atoms with Gasteiger partial charge in [0.05, 0.1) is 31.5 Å². The van der Waals surface area contributed by atoms with Gasteiger partial charge in [-0.3, -0.25) is 4.79 Å². The van der Waals surface area contributed by atoms with Gasteiger partial charge in [0.15, 0.2) is 0 Å². The Bertz CT molecular complexity index is 724. The molecule has 0 radical (unpaired) electrons. The number of nitriles is 1. The lowest BCUT2D eigenvalue weighted by atomic mass is 10.1. The van der Waals surface area contributed by atoms with Crippen LogP contribution in [0, 0.1) is 17.1 Å². The number of aliphatic hydroxyl groups excluding tert-OH is 1. The van der Waals surface area contributed by atoms with Crippen LogP contribution in [-0.4, -0.2) is 48.7 Å². The highest BCUT2D eigenvalue weighted by Gasteiger charge is 2.34. The fourth-order valence-corrected chi connectivity index (χ4v) is 2.23. The minimum Gasteiger partial charge on any atom is -0.466 e. The van der Waals surface area contributed by atoms with E-state index in [-0.39, 0.29) is 42.2 Å². The summed E-state index contributed by atoms with van der Waals surface area (Å²) in [6.07, 6.45) is 0. The third-order valence-corrected chi connectivity index (χ3v) is 3.34. The van der Waals surface area contributed by atoms with Crippen molar-refractivity contribution in [1.82, 2.24) is 4.90 Å². The van der Waals surface area contributed by atoms with Crippen molar-refractivity contribution < 1.29 is 23.8 Å². The van der Waals surface area contributed by atoms with Gasteiger partial charge in [-0.25, -0.2) is 9.18 Å². The molecule has 0 fully saturated rings. The van der Waals surface area contributed by atoms with Crippen molar-refractivity contribution in [2.24, 2.45) is 0 Å². The van der Waals surface area contributed by atoms with E-state index in [4.69, 9.17) is 10.4 Å². The van der Waals surface area contributed by atoms with Crippen molar-refractivity contribution in [3.05, 3.63) is 40.8 Å². The van der Waals surface area contributed by atoms with E-state index in [0.717, 1.165) is 6.07 Å². The van der Waals surface area contributed by atoms with Gasteiger partial charge < -0.3 is 20.1 Å². The lowest BCUT2D eigenvalue weighted by Gasteiger charge is -2.15. The molecule has 0 saturated carbocycles. The third kappa shape index (κ3) is 3.14. The number of carbonyl (C=O) groups is 2. The molecule has 1 heterocycles. The molecule has 0 atom stereocenters. The first kappa shape index (κ1) is 16.5. The number of hydrogen-bond acceptors (Lipinski definition) is 6. The molecule has 0 bridgehead atoms. The summed E-state index contributed by atoms with van der Waals surface area (Å²) in [6.45, 7) is -0.263. The molecule has 0 unspecified atom stereocenters. The Morgan fingerprint density at radius 2 is 2.30 bits per heavy atom. The second-order valence-corrected chi connectivity index (χ2v) is 4.69. The van der Waals surface area contributed by atoms with Crippen molar-refractivity contribution in [2.75, 3.05) is 32.1 Å². The quantitative estimate of drug-likeness (QED) is 0.760. The Morgan fingerprint density at radius 3 is 2.91 bits per heavy atom. The summed E-state index contributed by atoms with van der Waals surface area (Å²) in [5, 5.41) is 20.7. The molecule has 120 valence electrons. The van der Waals surface area contributed by atoms with E-state index < -0.39 is 17.7 Å². The standard InChI is InChI=1S/C15H14FN3O4/c1-23-15(22)10-8-19(5-6-20)14(21)13(10)18-12-4-2-3-11(16)9(12)7-17/h2-4,18,20H,5-6,8H2,1H3. The third-order valence-electron chi connectivity index (χ3n) is 3.34. The highest BCUT2D eigenvalue weighted by Crippen LogP contribution is 2.25. The summed E-state index contributed by atoms with van der Waals surface area (Å²) >= 11 is 0. The van der Waals surface area contributed by atoms with Crippen molar-refractivity contribution in [3.8, 4) is 6.07 Å². The molecule has 23 heavy (non-hydrogen) atoms. The number of halogens is 1. The number of nitrogens with one attached hydrogen (secondary N) is 1. The van der Waals surface area contributed by atoms with Crippen molar-refractivity contribution in [2.45, 2.75) is 0 Å². The van der Waals surface area contributed by atoms with Gasteiger partial charge in [0.2, 0.25) is 0 Å². The summed E-state index contributed by atoms with van der Waals surface area (Å²) in [7, 11) is 1.18. The highest BCUT2D eigenvalue weighted by molar-refractivity contribution is 6.08. The first-order valence-corrected chi connectivity index (χ1v) is 6.70. The van der Waals surface area contributed by atoms with Gasteiger partial charge in [-0.05, 0) is 12.1 Å². The number of hydrogen-bond donors (Lipinski definition) is 2. The first-order chi connectivity index (χ1) is 11.0. The van der Waals surface area contributed by atoms with Crippen LogP contribution in [-0.2, 0) is 14.3 Å². The van der Waals surface area contributed by atoms with E-state index in [0.29, 0.717) is 0 Å². The Labute approximate surface area is 131 Å². The normalized spacial score (nSPS) is 14.0. The monoisotopic (exact) mass is 319 g/mol. The molecular weight excluding hydrogens is 305 g/mol. The minimum absolute atomic E-state index is 0.0361. The zero-order valence-electron chi connectivity index (χ0n) is 12.3. The molecular formula is C15H14FN3O4. The second-order valence-electron chi connectivity index (χ2n) is 4.69. The number of methoxy groups -OCH3 is 1. The summed E-state index contributed by atoms with van der Waals surface area (Å²) in [4.78, 5) is 25.4. The predicted octanol–water partition coefficient (Wildman–Crippen LogP) is 0.371. The molecule has 7 nitrogen and oxygen atoms in total. The van der Waals surface area contributed by atoms with Gasteiger partial charge in [-0.2, -0.15) is 5.26 Å². The van der Waals surface area contributed by atoms with Gasteiger partial charge in [0.1, 0.15) is 23.1 Å². The van der Waals surface area contributed by atoms with Gasteiger partial charge >= 0.3 is 5.97 Å². The van der Waals surface area contributed by atoms with Crippen LogP contribution in [0.3, 0.4) is 0 Å². The van der Waals surface area contributed by atoms with Crippen LogP contribution in [0.25, 0.3) is 0 Å². The number of ether oxygens (including phenoxy) is 1. The zero-order chi connectivity index (χ0) is 17.0. The number of amides is 1. The Kier molecular flexibility index (Phi) is 4.93. The zero-order valence-corrected chi connectivity index (χ0v) is 12.3. The Hall–Kier alpha value is -2.92. The maximum absolute atomic E-state index is 13.6. The van der Waals surface area contributed by atoms with E-state index in [1.54, 1.807) is 6.07 Å². The van der Waals surface area contributed by atoms with Crippen LogP contribution in [0.4, 0.5) is 10.1 Å². The smallest absolute Gasteiger partial charge is 0.337 e. The molecule has 1 aromatic rings. The molecule has 0 aliphatic carbocycles. The van der Waals surface area contributed by atoms with Crippen molar-refractivity contribution in [1.29, 1.82) is 5.26 Å². The number of benzene rings is 1. The van der Waals surface area contributed by atoms with Gasteiger partial charge in [-0.15, -0.1) is 0 Å². The maximum atomic E-state index is 13.6. The minimum atomic E-state index is -0.740. The van der Waals surface area contributed by atoms with E-state index in [2.05, 4.69) is 10.1 Å². The molecule has 2 N–H and O–H groups in total. The van der Waals surface area contributed by atoms with E-state index >= 15 is 0 Å². The number of esters is 1. The van der Waals surface area contributed by atoms with Gasteiger partial charge in [-0.1, -0.05) is 6.07 Å². The molecule has 0 spiro atoms. The molecule has 1 aliphatic heterocycles. The fraction of sp³-hybridized carbons (Fsp3) is 0.267. The maximum Gasteiger partial charge on any atom is 0.337 e. The average molecular weight is 319 g/mol. The van der Waals surface area contributed by atoms with E-state index in [1.807, 2.05) is 0 Å². The molecule has 0 aromatic heterocycles. The summed E-state index contributed by atoms with van der Waals surface area (Å²) < 4.78 is 18.3. The topological polar surface area (TPSA) is 103 Å². The SMILES string of the molecule is COC(=O)C1=C(Nc2cccc(F)c2C#N)C(=O)N(CCO)C1. The van der Waals surface area contributed by atoms with Crippen LogP contribution >= 0.6 is 0 Å². The number of β-amino-alcohol motifs (C(OH)–C–C–N with tert-alkyl or cyclic N) is 1. The van der Waals surface area contributed by atoms with Gasteiger partial charge in [0.25, 0.3) is 5.91 Å². The Morgan fingerprint density at radius 1 is 1.57 bits per heavy atom. The van der Waals surface area contributed by atoms with Crippen LogP contribution in [0.5, 0.6) is 0 Å². The number of rotatable bonds is 5. The summed E-state index contributed by atoms with van der Waals surface area (Å²) in [5.41, 5.74) is -0.229. The van der Waals surface area contributed by atoms with Crippen LogP contribution < -0.4 is 5.32 Å². The van der Waals surface area contributed by atoms with E-state index in [1.165, 1.54) is 24.1 Å². The fourth-order valence-electron chi connectivity index (χ4n) is 2.23. The molecule has 1 amide bonds. The molecule has 0 saturated heterocycles. The summed E-state index contributed by atoms with van der Waals surface area (Å²) in [6, 6.07) is 5.62. The lowest BCUT2D eigenvalue weighted by Crippen LogP contribution is -2.31. The number of carbonyl (C=O) groups excluding carboxylic acids is 2. The highest BCUT2D eigenvalue weighted by atomic mass is 19.1. The number of anilines is 1. The Balaban J connectivity index is 2.42. The predicted molar refractivity (Wildman–Crippen MR) is 77.4 cm³/mol. The molecule has 8 heteroatoms. The molecule has 2 rings (SSSR count). The van der Waals surface area contributed by atoms with Crippen LogP contribution in [0.15, 0.2) is 29.5 Å². The summed E-state index contributed by atoms with van der Waals surface area (Å²) in [5.74, 6) is -1.99. The van der Waals surface area contributed by atoms with Crippen LogP contribution in [0.2, 0.25) is 0 Å². The molecule has 1 aliphatic rings. The van der Waals surface area contributed by atoms with E-state index in [9.17, 15) is 14.0 Å². The number of nitrogens with zero attached hydrogens (tertiary/aromatic N) is 2. The second kappa shape index (κ2) is 6.89. The van der Waals surface area contributed by atoms with Crippen molar-refractivity contribution in [3.63, 3.8) is 0 Å². The van der Waals surface area contributed by atoms with Crippen LogP contribution in [0.1, 0.15) is 5.56 Å². The number of aliphatic hydroxyl groups is 1. The lowest BCUT2D eigenvalue weighted by molar-refractivity contribution is -0.136. The van der Waals surface area contributed by atoms with Crippen molar-refractivity contribution >= 4 is 17.6 Å².